The molecule has 0 unspecified atom stereocenters. The lowest BCUT2D eigenvalue weighted by Crippen LogP contribution is -2.37. The number of fused-ring (bicyclic) bond motifs is 1. The highest BCUT2D eigenvalue weighted by molar-refractivity contribution is 6.21. The zero-order chi connectivity index (χ0) is 15.4. The van der Waals surface area contributed by atoms with E-state index in [0.29, 0.717) is 37.2 Å². The van der Waals surface area contributed by atoms with Crippen LogP contribution in [0, 0.1) is 0 Å². The van der Waals surface area contributed by atoms with Crippen molar-refractivity contribution in [2.24, 2.45) is 0 Å². The van der Waals surface area contributed by atoms with Gasteiger partial charge in [-0.25, -0.2) is 0 Å². The van der Waals surface area contributed by atoms with Crippen LogP contribution in [0.3, 0.4) is 0 Å². The molecular formula is C15H18N2O4. The summed E-state index contributed by atoms with van der Waals surface area (Å²) >= 11 is 0. The highest BCUT2D eigenvalue weighted by atomic mass is 16.4. The summed E-state index contributed by atoms with van der Waals surface area (Å²) in [5.41, 5.74) is 0.909. The molecule has 0 bridgehead atoms. The number of carboxylic acids is 1. The molecule has 6 nitrogen and oxygen atoms in total. The van der Waals surface area contributed by atoms with E-state index in [1.165, 1.54) is 4.90 Å². The summed E-state index contributed by atoms with van der Waals surface area (Å²) in [6, 6.07) is 6.80. The molecule has 2 rings (SSSR count). The van der Waals surface area contributed by atoms with E-state index in [1.54, 1.807) is 24.3 Å². The molecule has 0 aliphatic carbocycles. The molecule has 1 N–H and O–H groups in total. The molecule has 0 aromatic heterocycles. The van der Waals surface area contributed by atoms with E-state index in [9.17, 15) is 14.4 Å². The fraction of sp³-hybridized carbons (Fsp3) is 0.400. The van der Waals surface area contributed by atoms with Crippen molar-refractivity contribution in [2.45, 2.75) is 12.8 Å². The Kier molecular flexibility index (Phi) is 4.70. The summed E-state index contributed by atoms with van der Waals surface area (Å²) in [6.45, 7) is 1.47. The molecule has 2 amide bonds. The van der Waals surface area contributed by atoms with Crippen LogP contribution in [-0.2, 0) is 4.79 Å². The molecule has 0 saturated carbocycles. The molecule has 1 aliphatic heterocycles. The fourth-order valence-electron chi connectivity index (χ4n) is 2.32. The van der Waals surface area contributed by atoms with Gasteiger partial charge in [0.1, 0.15) is 0 Å². The summed E-state index contributed by atoms with van der Waals surface area (Å²) in [4.78, 5) is 37.9. The van der Waals surface area contributed by atoms with Crippen molar-refractivity contribution in [3.05, 3.63) is 35.4 Å². The number of carbonyl (C=O) groups excluding carboxylic acids is 2. The number of nitrogens with zero attached hydrogens (tertiary/aromatic N) is 2. The molecule has 0 saturated heterocycles. The highest BCUT2D eigenvalue weighted by Gasteiger charge is 2.34. The third-order valence-corrected chi connectivity index (χ3v) is 3.51. The number of hydrogen-bond acceptors (Lipinski definition) is 4. The van der Waals surface area contributed by atoms with Crippen molar-refractivity contribution in [3.63, 3.8) is 0 Å². The molecule has 21 heavy (non-hydrogen) atoms. The highest BCUT2D eigenvalue weighted by Crippen LogP contribution is 2.21. The Balaban J connectivity index is 1.86. The van der Waals surface area contributed by atoms with Crippen molar-refractivity contribution >= 4 is 17.8 Å². The van der Waals surface area contributed by atoms with Crippen LogP contribution >= 0.6 is 0 Å². The number of carboxylic acid groups (broad SMARTS) is 1. The van der Waals surface area contributed by atoms with Crippen LogP contribution in [0.25, 0.3) is 0 Å². The quantitative estimate of drug-likeness (QED) is 0.760. The molecule has 0 fully saturated rings. The van der Waals surface area contributed by atoms with E-state index in [-0.39, 0.29) is 18.2 Å². The van der Waals surface area contributed by atoms with Gasteiger partial charge in [-0.05, 0) is 32.1 Å². The van der Waals surface area contributed by atoms with Gasteiger partial charge in [-0.2, -0.15) is 0 Å². The number of carbonyl (C=O) groups is 3. The van der Waals surface area contributed by atoms with E-state index in [4.69, 9.17) is 5.11 Å². The first kappa shape index (κ1) is 15.2. The normalized spacial score (nSPS) is 13.9. The fourth-order valence-corrected chi connectivity index (χ4v) is 2.32. The van der Waals surface area contributed by atoms with Crippen LogP contribution in [0.15, 0.2) is 24.3 Å². The second-order valence-corrected chi connectivity index (χ2v) is 5.11. The van der Waals surface area contributed by atoms with Crippen LogP contribution in [0.4, 0.5) is 0 Å². The first-order valence-electron chi connectivity index (χ1n) is 6.86. The maximum absolute atomic E-state index is 12.1. The Labute approximate surface area is 123 Å². The molecular weight excluding hydrogens is 272 g/mol. The molecule has 6 heteroatoms. The van der Waals surface area contributed by atoms with Crippen LogP contribution in [0.5, 0.6) is 0 Å². The summed E-state index contributed by atoms with van der Waals surface area (Å²) in [7, 11) is 1.85. The number of imide groups is 1. The van der Waals surface area contributed by atoms with Crippen LogP contribution in [0.2, 0.25) is 0 Å². The Bertz CT molecular complexity index is 536. The van der Waals surface area contributed by atoms with Crippen molar-refractivity contribution < 1.29 is 19.5 Å². The molecule has 1 aliphatic rings. The summed E-state index contributed by atoms with van der Waals surface area (Å²) in [5.74, 6) is -1.33. The van der Waals surface area contributed by atoms with Gasteiger partial charge >= 0.3 is 5.97 Å². The van der Waals surface area contributed by atoms with Crippen LogP contribution in [0.1, 0.15) is 33.6 Å². The number of hydrogen-bond donors (Lipinski definition) is 1. The maximum Gasteiger partial charge on any atom is 0.303 e. The lowest BCUT2D eigenvalue weighted by Gasteiger charge is -2.20. The molecule has 1 aromatic rings. The SMILES string of the molecule is CN(CCCC(=O)O)CCN1C(=O)c2ccccc2C1=O. The lowest BCUT2D eigenvalue weighted by atomic mass is 10.1. The number of aliphatic carboxylic acids is 1. The van der Waals surface area contributed by atoms with E-state index < -0.39 is 5.97 Å². The molecule has 1 aromatic carbocycles. The number of rotatable bonds is 7. The minimum Gasteiger partial charge on any atom is -0.481 e. The number of amides is 2. The molecule has 0 radical (unpaired) electrons. The predicted octanol–water partition coefficient (Wildman–Crippen LogP) is 1.08. The number of likely N-dealkylation sites (N-methyl/N-ethyl adjacent to an activating group) is 1. The largest absolute Gasteiger partial charge is 0.481 e. The Morgan fingerprint density at radius 1 is 1.14 bits per heavy atom. The average Bonchev–Trinajstić information content (AvgIpc) is 2.69. The topological polar surface area (TPSA) is 77.9 Å². The van der Waals surface area contributed by atoms with E-state index in [0.717, 1.165) is 0 Å². The van der Waals surface area contributed by atoms with E-state index >= 15 is 0 Å². The third kappa shape index (κ3) is 3.46. The Hall–Kier alpha value is -2.21. The minimum atomic E-state index is -0.816. The van der Waals surface area contributed by atoms with Gasteiger partial charge in [-0.3, -0.25) is 19.3 Å². The van der Waals surface area contributed by atoms with Crippen molar-refractivity contribution in [1.29, 1.82) is 0 Å². The smallest absolute Gasteiger partial charge is 0.303 e. The van der Waals surface area contributed by atoms with Gasteiger partial charge in [0.25, 0.3) is 11.8 Å². The monoisotopic (exact) mass is 290 g/mol. The Morgan fingerprint density at radius 3 is 2.24 bits per heavy atom. The lowest BCUT2D eigenvalue weighted by molar-refractivity contribution is -0.137. The standard InChI is InChI=1S/C15H18N2O4/c1-16(8-4-7-13(18)19)9-10-17-14(20)11-5-2-3-6-12(11)15(17)21/h2-3,5-6H,4,7-10H2,1H3,(H,18,19). The first-order chi connectivity index (χ1) is 10.0. The van der Waals surface area contributed by atoms with Crippen molar-refractivity contribution in [1.82, 2.24) is 9.80 Å². The van der Waals surface area contributed by atoms with E-state index in [2.05, 4.69) is 0 Å². The van der Waals surface area contributed by atoms with Gasteiger partial charge in [-0.15, -0.1) is 0 Å². The second kappa shape index (κ2) is 6.49. The van der Waals surface area contributed by atoms with Crippen LogP contribution in [-0.4, -0.2) is 59.4 Å². The summed E-state index contributed by atoms with van der Waals surface area (Å²) in [5, 5.41) is 8.58. The zero-order valence-electron chi connectivity index (χ0n) is 11.9. The summed E-state index contributed by atoms with van der Waals surface area (Å²) < 4.78 is 0. The van der Waals surface area contributed by atoms with Gasteiger partial charge in [-0.1, -0.05) is 12.1 Å². The zero-order valence-corrected chi connectivity index (χ0v) is 11.9. The van der Waals surface area contributed by atoms with E-state index in [1.807, 2.05) is 11.9 Å². The van der Waals surface area contributed by atoms with Gasteiger partial charge in [0.15, 0.2) is 0 Å². The van der Waals surface area contributed by atoms with Gasteiger partial charge in [0, 0.05) is 19.5 Å². The van der Waals surface area contributed by atoms with Crippen molar-refractivity contribution in [3.8, 4) is 0 Å². The molecule has 0 atom stereocenters. The second-order valence-electron chi connectivity index (χ2n) is 5.11. The van der Waals surface area contributed by atoms with Crippen molar-refractivity contribution in [2.75, 3.05) is 26.7 Å². The molecule has 1 heterocycles. The van der Waals surface area contributed by atoms with Gasteiger partial charge in [0.2, 0.25) is 0 Å². The first-order valence-corrected chi connectivity index (χ1v) is 6.86. The maximum atomic E-state index is 12.1. The molecule has 112 valence electrons. The third-order valence-electron chi connectivity index (χ3n) is 3.51. The summed E-state index contributed by atoms with van der Waals surface area (Å²) in [6.07, 6.45) is 0.672. The Morgan fingerprint density at radius 2 is 1.71 bits per heavy atom. The average molecular weight is 290 g/mol. The van der Waals surface area contributed by atoms with Gasteiger partial charge in [0.05, 0.1) is 11.1 Å². The predicted molar refractivity (Wildman–Crippen MR) is 76.2 cm³/mol. The van der Waals surface area contributed by atoms with Gasteiger partial charge < -0.3 is 10.0 Å². The number of benzene rings is 1. The molecule has 0 spiro atoms. The minimum absolute atomic E-state index is 0.122. The van der Waals surface area contributed by atoms with Crippen LogP contribution < -0.4 is 0 Å².